The number of carbonyl (C=O) groups is 2. The van der Waals surface area contributed by atoms with E-state index >= 15 is 0 Å². The molecule has 2 saturated heterocycles. The summed E-state index contributed by atoms with van der Waals surface area (Å²) in [6.45, 7) is 7.12. The first-order valence-electron chi connectivity index (χ1n) is 9.45. The van der Waals surface area contributed by atoms with E-state index in [-0.39, 0.29) is 16.6 Å². The molecule has 3 unspecified atom stereocenters. The molecule has 4 rings (SSSR count). The van der Waals surface area contributed by atoms with Gasteiger partial charge in [0.2, 0.25) is 12.1 Å². The lowest BCUT2D eigenvalue weighted by atomic mass is 9.46. The highest BCUT2D eigenvalue weighted by Crippen LogP contribution is 2.62. The van der Waals surface area contributed by atoms with Crippen LogP contribution in [-0.4, -0.2) is 41.8 Å². The molecule has 4 aliphatic rings. The van der Waals surface area contributed by atoms with Crippen LogP contribution < -0.4 is 0 Å². The third kappa shape index (κ3) is 2.25. The summed E-state index contributed by atoms with van der Waals surface area (Å²) in [5, 5.41) is 9.88. The third-order valence-electron chi connectivity index (χ3n) is 7.93. The summed E-state index contributed by atoms with van der Waals surface area (Å²) in [7, 11) is 0. The maximum atomic E-state index is 12.2. The van der Waals surface area contributed by atoms with Gasteiger partial charge in [-0.25, -0.2) is 0 Å². The van der Waals surface area contributed by atoms with Crippen LogP contribution in [0.5, 0.6) is 0 Å². The molecule has 0 aromatic heterocycles. The molecular weight excluding hydrogens is 320 g/mol. The number of epoxide rings is 1. The van der Waals surface area contributed by atoms with Crippen LogP contribution in [0.15, 0.2) is 11.6 Å². The monoisotopic (exact) mass is 348 g/mol. The standard InChI is InChI=1S/C20H28O5/c1-12-7-8-18(2)13(10-21)5-4-6-14(18)19(12,3)9-15-20(11-24-20)16(22)17(23)25-15/h5,10,12,14-15,17,23H,4,6-9,11H2,1-3H3/t12-,14-,15?,17?,18-,19-,20?/m1/s1. The molecule has 2 aliphatic carbocycles. The van der Waals surface area contributed by atoms with Gasteiger partial charge >= 0.3 is 0 Å². The molecule has 138 valence electrons. The zero-order valence-electron chi connectivity index (χ0n) is 15.3. The minimum atomic E-state index is -1.36. The van der Waals surface area contributed by atoms with Gasteiger partial charge in [-0.05, 0) is 60.3 Å². The fourth-order valence-electron chi connectivity index (χ4n) is 5.96. The van der Waals surface area contributed by atoms with Crippen molar-refractivity contribution in [1.82, 2.24) is 0 Å². The van der Waals surface area contributed by atoms with Gasteiger partial charge in [0.05, 0.1) is 6.61 Å². The zero-order chi connectivity index (χ0) is 18.0. The highest BCUT2D eigenvalue weighted by Gasteiger charge is 2.68. The normalized spacial score (nSPS) is 52.0. The summed E-state index contributed by atoms with van der Waals surface area (Å²) < 4.78 is 11.1. The first-order chi connectivity index (χ1) is 11.8. The molecule has 25 heavy (non-hydrogen) atoms. The number of aliphatic hydroxyl groups excluding tert-OH is 1. The van der Waals surface area contributed by atoms with E-state index in [1.807, 2.05) is 0 Å². The molecule has 3 fully saturated rings. The molecule has 2 heterocycles. The summed E-state index contributed by atoms with van der Waals surface area (Å²) in [5.41, 5.74) is -0.167. The molecule has 1 spiro atoms. The molecule has 5 nitrogen and oxygen atoms in total. The topological polar surface area (TPSA) is 76.1 Å². The van der Waals surface area contributed by atoms with Gasteiger partial charge < -0.3 is 14.6 Å². The van der Waals surface area contributed by atoms with Crippen molar-refractivity contribution in [2.24, 2.45) is 22.7 Å². The fourth-order valence-corrected chi connectivity index (χ4v) is 5.96. The van der Waals surface area contributed by atoms with Crippen molar-refractivity contribution in [3.63, 3.8) is 0 Å². The van der Waals surface area contributed by atoms with Gasteiger partial charge in [-0.3, -0.25) is 9.59 Å². The molecule has 0 amide bonds. The van der Waals surface area contributed by atoms with Crippen molar-refractivity contribution in [2.45, 2.75) is 70.9 Å². The molecular formula is C20H28O5. The Kier molecular flexibility index (Phi) is 3.81. The van der Waals surface area contributed by atoms with Crippen LogP contribution in [0.2, 0.25) is 0 Å². The number of ether oxygens (including phenoxy) is 2. The second kappa shape index (κ2) is 5.48. The van der Waals surface area contributed by atoms with Crippen LogP contribution in [0.1, 0.15) is 52.9 Å². The summed E-state index contributed by atoms with van der Waals surface area (Å²) in [4.78, 5) is 23.9. The molecule has 0 radical (unpaired) electrons. The Balaban J connectivity index is 1.66. The van der Waals surface area contributed by atoms with Gasteiger partial charge in [0.15, 0.2) is 5.60 Å². The molecule has 2 aliphatic heterocycles. The minimum absolute atomic E-state index is 0.0660. The molecule has 1 N–H and O–H groups in total. The van der Waals surface area contributed by atoms with Crippen LogP contribution in [0.25, 0.3) is 0 Å². The Morgan fingerprint density at radius 2 is 2.08 bits per heavy atom. The maximum absolute atomic E-state index is 12.2. The molecule has 0 aromatic carbocycles. The average Bonchev–Trinajstić information content (AvgIpc) is 3.35. The highest BCUT2D eigenvalue weighted by atomic mass is 16.7. The lowest BCUT2D eigenvalue weighted by molar-refractivity contribution is -0.148. The van der Waals surface area contributed by atoms with Gasteiger partial charge in [0, 0.05) is 0 Å². The summed E-state index contributed by atoms with van der Waals surface area (Å²) >= 11 is 0. The number of allylic oxidation sites excluding steroid dienone is 2. The molecule has 0 aromatic rings. The van der Waals surface area contributed by atoms with Crippen molar-refractivity contribution in [2.75, 3.05) is 6.61 Å². The number of carbonyl (C=O) groups excluding carboxylic acids is 2. The van der Waals surface area contributed by atoms with Crippen LogP contribution in [0.4, 0.5) is 0 Å². The van der Waals surface area contributed by atoms with E-state index in [4.69, 9.17) is 9.47 Å². The van der Waals surface area contributed by atoms with E-state index in [1.165, 1.54) is 0 Å². The number of hydrogen-bond acceptors (Lipinski definition) is 5. The number of ketones is 1. The van der Waals surface area contributed by atoms with Gasteiger partial charge in [0.25, 0.3) is 0 Å². The van der Waals surface area contributed by atoms with E-state index < -0.39 is 18.0 Å². The average molecular weight is 348 g/mol. The quantitative estimate of drug-likeness (QED) is 0.626. The van der Waals surface area contributed by atoms with E-state index in [0.717, 1.165) is 37.5 Å². The molecule has 0 bridgehead atoms. The minimum Gasteiger partial charge on any atom is -0.362 e. The Morgan fingerprint density at radius 1 is 1.36 bits per heavy atom. The smallest absolute Gasteiger partial charge is 0.225 e. The van der Waals surface area contributed by atoms with Gasteiger partial charge in [-0.2, -0.15) is 0 Å². The highest BCUT2D eigenvalue weighted by molar-refractivity contribution is 5.94. The van der Waals surface area contributed by atoms with E-state index in [9.17, 15) is 14.7 Å². The second-order valence-electron chi connectivity index (χ2n) is 8.99. The number of Topliss-reactive ketones (excluding diaryl/α,β-unsaturated/α-hetero) is 1. The lowest BCUT2D eigenvalue weighted by Crippen LogP contribution is -2.52. The van der Waals surface area contributed by atoms with E-state index in [0.29, 0.717) is 24.9 Å². The van der Waals surface area contributed by atoms with Gasteiger partial charge in [-0.1, -0.05) is 26.8 Å². The summed E-state index contributed by atoms with van der Waals surface area (Å²) in [5.74, 6) is 0.495. The Labute approximate surface area is 148 Å². The maximum Gasteiger partial charge on any atom is 0.225 e. The summed E-state index contributed by atoms with van der Waals surface area (Å²) in [6, 6.07) is 0. The Morgan fingerprint density at radius 3 is 2.72 bits per heavy atom. The number of rotatable bonds is 3. The molecule has 1 saturated carbocycles. The van der Waals surface area contributed by atoms with Crippen molar-refractivity contribution in [3.05, 3.63) is 11.6 Å². The predicted octanol–water partition coefficient (Wildman–Crippen LogP) is 2.41. The van der Waals surface area contributed by atoms with E-state index in [2.05, 4.69) is 26.8 Å². The number of hydrogen-bond donors (Lipinski definition) is 1. The summed E-state index contributed by atoms with van der Waals surface area (Å²) in [6.07, 6.45) is 6.10. The Bertz CT molecular complexity index is 636. The second-order valence-corrected chi connectivity index (χ2v) is 8.99. The largest absolute Gasteiger partial charge is 0.362 e. The number of aldehydes is 1. The third-order valence-corrected chi connectivity index (χ3v) is 7.93. The van der Waals surface area contributed by atoms with Crippen molar-refractivity contribution >= 4 is 12.1 Å². The number of aliphatic hydroxyl groups is 1. The first kappa shape index (κ1) is 17.4. The first-order valence-corrected chi connectivity index (χ1v) is 9.45. The van der Waals surface area contributed by atoms with Crippen molar-refractivity contribution in [1.29, 1.82) is 0 Å². The molecule has 7 atom stereocenters. The van der Waals surface area contributed by atoms with Gasteiger partial charge in [-0.15, -0.1) is 0 Å². The predicted molar refractivity (Wildman–Crippen MR) is 90.7 cm³/mol. The molecule has 5 heteroatoms. The van der Waals surface area contributed by atoms with Crippen molar-refractivity contribution in [3.8, 4) is 0 Å². The van der Waals surface area contributed by atoms with E-state index in [1.54, 1.807) is 0 Å². The van der Waals surface area contributed by atoms with Crippen LogP contribution >= 0.6 is 0 Å². The van der Waals surface area contributed by atoms with Crippen LogP contribution in [0, 0.1) is 22.7 Å². The van der Waals surface area contributed by atoms with Crippen molar-refractivity contribution < 1.29 is 24.2 Å². The lowest BCUT2D eigenvalue weighted by Gasteiger charge is -2.58. The SMILES string of the molecule is C[C@@H]1CC[C@]2(C)C(C=O)=CCC[C@H]2[C@]1(C)CC1OC(O)C(=O)C12CO2. The number of fused-ring (bicyclic) bond motifs is 1. The van der Waals surface area contributed by atoms with Gasteiger partial charge in [0.1, 0.15) is 12.4 Å². The Hall–Kier alpha value is -1.04. The fraction of sp³-hybridized carbons (Fsp3) is 0.800. The van der Waals surface area contributed by atoms with Crippen LogP contribution in [-0.2, 0) is 19.1 Å². The van der Waals surface area contributed by atoms with Crippen LogP contribution in [0.3, 0.4) is 0 Å². The zero-order valence-corrected chi connectivity index (χ0v) is 15.3.